The van der Waals surface area contributed by atoms with Gasteiger partial charge in [0.1, 0.15) is 11.4 Å². The molecule has 132 valence electrons. The molecule has 0 saturated heterocycles. The van der Waals surface area contributed by atoms with Crippen LogP contribution < -0.4 is 4.74 Å². The first-order chi connectivity index (χ1) is 12.3. The third-order valence-corrected chi connectivity index (χ3v) is 3.99. The topological polar surface area (TPSA) is 39.2 Å². The number of unbranched alkanes of at least 4 members (excludes halogenated alkanes) is 5. The maximum atomic E-state index is 12.0. The lowest BCUT2D eigenvalue weighted by Crippen LogP contribution is -1.97. The number of ketones is 1. The molecule has 0 aliphatic heterocycles. The van der Waals surface area contributed by atoms with Crippen LogP contribution in [0.3, 0.4) is 0 Å². The van der Waals surface area contributed by atoms with Crippen molar-refractivity contribution >= 4 is 11.9 Å². The molecule has 0 radical (unpaired) electrons. The molecule has 1 aromatic carbocycles. The number of rotatable bonds is 11. The van der Waals surface area contributed by atoms with Gasteiger partial charge in [-0.05, 0) is 42.3 Å². The van der Waals surface area contributed by atoms with E-state index in [2.05, 4.69) is 11.9 Å². The fourth-order valence-corrected chi connectivity index (χ4v) is 2.51. The van der Waals surface area contributed by atoms with Crippen LogP contribution in [0.5, 0.6) is 5.75 Å². The van der Waals surface area contributed by atoms with E-state index in [0.29, 0.717) is 5.69 Å². The summed E-state index contributed by atoms with van der Waals surface area (Å²) in [7, 11) is 0. The van der Waals surface area contributed by atoms with Crippen molar-refractivity contribution < 1.29 is 9.53 Å². The number of allylic oxidation sites excluding steroid dienone is 1. The second-order valence-corrected chi connectivity index (χ2v) is 6.10. The zero-order valence-corrected chi connectivity index (χ0v) is 15.0. The smallest absolute Gasteiger partial charge is 0.204 e. The van der Waals surface area contributed by atoms with Crippen LogP contribution in [0.4, 0.5) is 0 Å². The zero-order valence-electron chi connectivity index (χ0n) is 15.0. The van der Waals surface area contributed by atoms with Crippen molar-refractivity contribution in [2.75, 3.05) is 6.61 Å². The Labute approximate surface area is 150 Å². The lowest BCUT2D eigenvalue weighted by atomic mass is 10.1. The number of benzene rings is 1. The standard InChI is InChI=1S/C22H27NO2/c1-2-3-4-5-6-9-18-25-20-14-11-19(12-15-20)13-16-22(24)21-10-7-8-17-23-21/h7-8,10-17H,2-6,9,18H2,1H3. The fourth-order valence-electron chi connectivity index (χ4n) is 2.51. The van der Waals surface area contributed by atoms with Crippen LogP contribution in [0.15, 0.2) is 54.7 Å². The highest BCUT2D eigenvalue weighted by Gasteiger charge is 2.01. The highest BCUT2D eigenvalue weighted by atomic mass is 16.5. The summed E-state index contributed by atoms with van der Waals surface area (Å²) in [5.74, 6) is 0.783. The van der Waals surface area contributed by atoms with Gasteiger partial charge in [-0.3, -0.25) is 9.78 Å². The summed E-state index contributed by atoms with van der Waals surface area (Å²) in [6.45, 7) is 3.00. The number of ether oxygens (including phenoxy) is 1. The highest BCUT2D eigenvalue weighted by Crippen LogP contribution is 2.14. The minimum absolute atomic E-state index is 0.0935. The zero-order chi connectivity index (χ0) is 17.7. The molecule has 1 aromatic heterocycles. The van der Waals surface area contributed by atoms with Crippen LogP contribution in [-0.2, 0) is 0 Å². The van der Waals surface area contributed by atoms with Crippen molar-refractivity contribution in [2.24, 2.45) is 0 Å². The first kappa shape index (κ1) is 18.9. The third kappa shape index (κ3) is 7.34. The van der Waals surface area contributed by atoms with Crippen molar-refractivity contribution in [3.63, 3.8) is 0 Å². The SMILES string of the molecule is CCCCCCCCOc1ccc(C=CC(=O)c2ccccn2)cc1. The van der Waals surface area contributed by atoms with Gasteiger partial charge in [0.2, 0.25) is 5.78 Å². The third-order valence-electron chi connectivity index (χ3n) is 3.99. The quantitative estimate of drug-likeness (QED) is 0.299. The van der Waals surface area contributed by atoms with E-state index in [4.69, 9.17) is 4.74 Å². The summed E-state index contributed by atoms with van der Waals surface area (Å²) in [6.07, 6.45) is 12.5. The molecule has 0 amide bonds. The van der Waals surface area contributed by atoms with Crippen LogP contribution in [0.2, 0.25) is 0 Å². The average molecular weight is 337 g/mol. The molecule has 0 aliphatic carbocycles. The average Bonchev–Trinajstić information content (AvgIpc) is 2.67. The second kappa shape index (κ2) is 11.2. The molecule has 3 nitrogen and oxygen atoms in total. The van der Waals surface area contributed by atoms with E-state index in [9.17, 15) is 4.79 Å². The minimum Gasteiger partial charge on any atom is -0.494 e. The summed E-state index contributed by atoms with van der Waals surface area (Å²) in [5, 5.41) is 0. The van der Waals surface area contributed by atoms with Crippen molar-refractivity contribution in [1.29, 1.82) is 0 Å². The van der Waals surface area contributed by atoms with Gasteiger partial charge in [-0.2, -0.15) is 0 Å². The molecule has 0 spiro atoms. The highest BCUT2D eigenvalue weighted by molar-refractivity contribution is 6.05. The summed E-state index contributed by atoms with van der Waals surface area (Å²) >= 11 is 0. The first-order valence-electron chi connectivity index (χ1n) is 9.16. The van der Waals surface area contributed by atoms with Gasteiger partial charge in [-0.1, -0.05) is 63.3 Å². The number of pyridine rings is 1. The van der Waals surface area contributed by atoms with Gasteiger partial charge in [-0.15, -0.1) is 0 Å². The van der Waals surface area contributed by atoms with Crippen LogP contribution >= 0.6 is 0 Å². The summed E-state index contributed by atoms with van der Waals surface area (Å²) in [5.41, 5.74) is 1.42. The van der Waals surface area contributed by atoms with Gasteiger partial charge >= 0.3 is 0 Å². The van der Waals surface area contributed by atoms with E-state index in [-0.39, 0.29) is 5.78 Å². The van der Waals surface area contributed by atoms with Crippen LogP contribution in [-0.4, -0.2) is 17.4 Å². The van der Waals surface area contributed by atoms with E-state index in [1.54, 1.807) is 30.5 Å². The van der Waals surface area contributed by atoms with E-state index in [0.717, 1.165) is 24.3 Å². The molecule has 0 saturated carbocycles. The Morgan fingerprint density at radius 1 is 1.00 bits per heavy atom. The van der Waals surface area contributed by atoms with E-state index >= 15 is 0 Å². The van der Waals surface area contributed by atoms with Gasteiger partial charge in [0.05, 0.1) is 6.61 Å². The Balaban J connectivity index is 1.72. The van der Waals surface area contributed by atoms with Crippen molar-refractivity contribution in [1.82, 2.24) is 4.98 Å². The molecule has 0 bridgehead atoms. The van der Waals surface area contributed by atoms with Crippen molar-refractivity contribution in [3.05, 3.63) is 66.0 Å². The van der Waals surface area contributed by atoms with Gasteiger partial charge < -0.3 is 4.74 Å². The molecule has 0 atom stereocenters. The number of aromatic nitrogens is 1. The Hall–Kier alpha value is -2.42. The van der Waals surface area contributed by atoms with Crippen molar-refractivity contribution in [2.45, 2.75) is 45.4 Å². The van der Waals surface area contributed by atoms with Gasteiger partial charge in [0.15, 0.2) is 0 Å². The Bertz CT molecular complexity index is 647. The Kier molecular flexibility index (Phi) is 8.46. The number of nitrogens with zero attached hydrogens (tertiary/aromatic N) is 1. The fraction of sp³-hybridized carbons (Fsp3) is 0.364. The number of carbonyl (C=O) groups is 1. The molecule has 0 unspecified atom stereocenters. The molecular weight excluding hydrogens is 310 g/mol. The Morgan fingerprint density at radius 2 is 1.76 bits per heavy atom. The molecule has 2 rings (SSSR count). The van der Waals surface area contributed by atoms with Gasteiger partial charge in [0, 0.05) is 6.20 Å². The van der Waals surface area contributed by atoms with Gasteiger partial charge in [-0.25, -0.2) is 0 Å². The van der Waals surface area contributed by atoms with E-state index < -0.39 is 0 Å². The largest absolute Gasteiger partial charge is 0.494 e. The molecule has 0 N–H and O–H groups in total. The maximum absolute atomic E-state index is 12.0. The lowest BCUT2D eigenvalue weighted by molar-refractivity contribution is 0.104. The second-order valence-electron chi connectivity index (χ2n) is 6.10. The van der Waals surface area contributed by atoms with E-state index in [1.165, 1.54) is 32.1 Å². The van der Waals surface area contributed by atoms with Crippen LogP contribution in [0.1, 0.15) is 61.5 Å². The van der Waals surface area contributed by atoms with Crippen LogP contribution in [0, 0.1) is 0 Å². The predicted molar refractivity (Wildman–Crippen MR) is 103 cm³/mol. The molecule has 1 heterocycles. The maximum Gasteiger partial charge on any atom is 0.204 e. The number of hydrogen-bond donors (Lipinski definition) is 0. The monoisotopic (exact) mass is 337 g/mol. The minimum atomic E-state index is -0.0935. The first-order valence-corrected chi connectivity index (χ1v) is 9.16. The molecule has 3 heteroatoms. The normalized spacial score (nSPS) is 10.9. The summed E-state index contributed by atoms with van der Waals surface area (Å²) in [4.78, 5) is 16.0. The molecule has 0 fully saturated rings. The van der Waals surface area contributed by atoms with Crippen LogP contribution in [0.25, 0.3) is 6.08 Å². The molecule has 25 heavy (non-hydrogen) atoms. The summed E-state index contributed by atoms with van der Waals surface area (Å²) < 4.78 is 5.76. The molecule has 2 aromatic rings. The lowest BCUT2D eigenvalue weighted by Gasteiger charge is -2.06. The number of hydrogen-bond acceptors (Lipinski definition) is 3. The summed E-state index contributed by atoms with van der Waals surface area (Å²) in [6, 6.07) is 13.1. The molecule has 0 aliphatic rings. The van der Waals surface area contributed by atoms with Gasteiger partial charge in [0.25, 0.3) is 0 Å². The predicted octanol–water partition coefficient (Wildman–Crippen LogP) is 5.72. The Morgan fingerprint density at radius 3 is 2.48 bits per heavy atom. The molecular formula is C22H27NO2. The van der Waals surface area contributed by atoms with E-state index in [1.807, 2.05) is 30.3 Å². The number of carbonyl (C=O) groups excluding carboxylic acids is 1. The van der Waals surface area contributed by atoms with Crippen molar-refractivity contribution in [3.8, 4) is 5.75 Å².